The predicted octanol–water partition coefficient (Wildman–Crippen LogP) is 3.59. The number of nitrogens with one attached hydrogen (secondary N) is 1. The van der Waals surface area contributed by atoms with Crippen LogP contribution in [0.25, 0.3) is 0 Å². The van der Waals surface area contributed by atoms with E-state index in [-0.39, 0.29) is 22.7 Å². The van der Waals surface area contributed by atoms with Gasteiger partial charge in [-0.25, -0.2) is 12.8 Å². The van der Waals surface area contributed by atoms with Gasteiger partial charge in [-0.3, -0.25) is 4.79 Å². The lowest BCUT2D eigenvalue weighted by atomic mass is 10.00. The van der Waals surface area contributed by atoms with Gasteiger partial charge in [-0.1, -0.05) is 24.3 Å². The van der Waals surface area contributed by atoms with Gasteiger partial charge >= 0.3 is 0 Å². The van der Waals surface area contributed by atoms with Crippen LogP contribution in [0.3, 0.4) is 0 Å². The van der Waals surface area contributed by atoms with Crippen LogP contribution in [0.4, 0.5) is 10.1 Å². The van der Waals surface area contributed by atoms with Gasteiger partial charge in [-0.15, -0.1) is 0 Å². The topological polar surface area (TPSA) is 78.9 Å². The van der Waals surface area contributed by atoms with E-state index in [0.29, 0.717) is 44.8 Å². The zero-order valence-electron chi connectivity index (χ0n) is 19.1. The molecule has 3 aromatic carbocycles. The molecule has 0 aromatic heterocycles. The average molecular weight is 496 g/mol. The molecule has 0 aliphatic carbocycles. The fourth-order valence-corrected chi connectivity index (χ4v) is 5.99. The molecule has 182 valence electrons. The second kappa shape index (κ2) is 9.67. The molecule has 0 saturated carbocycles. The summed E-state index contributed by atoms with van der Waals surface area (Å²) in [6.07, 6.45) is 0.638. The third-order valence-corrected chi connectivity index (χ3v) is 8.32. The SMILES string of the molecule is O=C(N[C@@H]1CCOc2ccccc21)c1cccc(S(=O)(=O)N2CCN(c3ccc(F)cc3)CC2)c1. The number of rotatable bonds is 5. The molecule has 3 aromatic rings. The highest BCUT2D eigenvalue weighted by atomic mass is 32.2. The second-order valence-corrected chi connectivity index (χ2v) is 10.5. The predicted molar refractivity (Wildman–Crippen MR) is 131 cm³/mol. The van der Waals surface area contributed by atoms with Crippen LogP contribution in [-0.2, 0) is 10.0 Å². The molecule has 1 amide bonds. The van der Waals surface area contributed by atoms with Gasteiger partial charge < -0.3 is 15.0 Å². The number of hydrogen-bond donors (Lipinski definition) is 1. The van der Waals surface area contributed by atoms with Crippen LogP contribution in [0.2, 0.25) is 0 Å². The summed E-state index contributed by atoms with van der Waals surface area (Å²) in [4.78, 5) is 15.1. The number of carbonyl (C=O) groups excluding carboxylic acids is 1. The standard InChI is InChI=1S/C26H26FN3O4S/c27-20-8-10-21(11-9-20)29-13-15-30(16-14-29)35(32,33)22-5-3-4-19(18-22)26(31)28-24-12-17-34-25-7-2-1-6-23(24)25/h1-11,18,24H,12-17H2,(H,28,31)/t24-/m1/s1. The van der Waals surface area contributed by atoms with Crippen molar-refractivity contribution in [3.05, 3.63) is 89.7 Å². The lowest BCUT2D eigenvalue weighted by molar-refractivity contribution is 0.0924. The molecular formula is C26H26FN3O4S. The zero-order valence-corrected chi connectivity index (χ0v) is 19.9. The highest BCUT2D eigenvalue weighted by molar-refractivity contribution is 7.89. The number of fused-ring (bicyclic) bond motifs is 1. The smallest absolute Gasteiger partial charge is 0.251 e. The molecule has 0 radical (unpaired) electrons. The number of ether oxygens (including phenoxy) is 1. The van der Waals surface area contributed by atoms with Crippen molar-refractivity contribution in [3.63, 3.8) is 0 Å². The van der Waals surface area contributed by atoms with E-state index in [1.54, 1.807) is 24.3 Å². The van der Waals surface area contributed by atoms with Crippen LogP contribution in [0.5, 0.6) is 5.75 Å². The van der Waals surface area contributed by atoms with E-state index in [1.165, 1.54) is 28.6 Å². The van der Waals surface area contributed by atoms with Crippen molar-refractivity contribution < 1.29 is 22.3 Å². The van der Waals surface area contributed by atoms with Crippen molar-refractivity contribution >= 4 is 21.6 Å². The number of halogens is 1. The van der Waals surface area contributed by atoms with Crippen molar-refractivity contribution in [3.8, 4) is 5.75 Å². The van der Waals surface area contributed by atoms with Gasteiger partial charge in [0, 0.05) is 49.4 Å². The third kappa shape index (κ3) is 4.87. The number of anilines is 1. The maximum atomic E-state index is 13.3. The minimum absolute atomic E-state index is 0.0905. The Morgan fingerprint density at radius 1 is 0.943 bits per heavy atom. The lowest BCUT2D eigenvalue weighted by Gasteiger charge is -2.35. The Labute approximate surface area is 204 Å². The lowest BCUT2D eigenvalue weighted by Crippen LogP contribution is -2.48. The molecule has 2 heterocycles. The maximum Gasteiger partial charge on any atom is 0.251 e. The molecule has 0 unspecified atom stereocenters. The summed E-state index contributed by atoms with van der Waals surface area (Å²) in [5.74, 6) is 0.116. The summed E-state index contributed by atoms with van der Waals surface area (Å²) in [5.41, 5.74) is 2.06. The molecule has 9 heteroatoms. The molecule has 35 heavy (non-hydrogen) atoms. The number of nitrogens with zero attached hydrogens (tertiary/aromatic N) is 2. The van der Waals surface area contributed by atoms with Crippen LogP contribution in [0, 0.1) is 5.82 Å². The first-order chi connectivity index (χ1) is 16.9. The van der Waals surface area contributed by atoms with Gasteiger partial charge in [0.25, 0.3) is 5.91 Å². The highest BCUT2D eigenvalue weighted by Gasteiger charge is 2.30. The highest BCUT2D eigenvalue weighted by Crippen LogP contribution is 2.32. The number of para-hydroxylation sites is 1. The number of amides is 1. The Balaban J connectivity index is 1.28. The summed E-state index contributed by atoms with van der Waals surface area (Å²) in [6.45, 7) is 2.09. The van der Waals surface area contributed by atoms with Crippen LogP contribution >= 0.6 is 0 Å². The first kappa shape index (κ1) is 23.3. The number of hydrogen-bond acceptors (Lipinski definition) is 5. The van der Waals surface area contributed by atoms with E-state index < -0.39 is 10.0 Å². The first-order valence-electron chi connectivity index (χ1n) is 11.6. The number of piperazine rings is 1. The quantitative estimate of drug-likeness (QED) is 0.585. The summed E-state index contributed by atoms with van der Waals surface area (Å²) >= 11 is 0. The van der Waals surface area contributed by atoms with Gasteiger partial charge in [0.05, 0.1) is 17.5 Å². The van der Waals surface area contributed by atoms with Crippen molar-refractivity contribution in [1.82, 2.24) is 9.62 Å². The molecule has 2 aliphatic rings. The summed E-state index contributed by atoms with van der Waals surface area (Å²) < 4.78 is 46.9. The average Bonchev–Trinajstić information content (AvgIpc) is 2.89. The second-order valence-electron chi connectivity index (χ2n) is 8.60. The Morgan fingerprint density at radius 2 is 1.69 bits per heavy atom. The molecular weight excluding hydrogens is 469 g/mol. The van der Waals surface area contributed by atoms with Gasteiger partial charge in [0.15, 0.2) is 0 Å². The van der Waals surface area contributed by atoms with Crippen LogP contribution < -0.4 is 15.0 Å². The molecule has 1 N–H and O–H groups in total. The normalized spacial score (nSPS) is 18.4. The molecule has 1 saturated heterocycles. The maximum absolute atomic E-state index is 13.3. The Bertz CT molecular complexity index is 1320. The van der Waals surface area contributed by atoms with Crippen molar-refractivity contribution in [2.45, 2.75) is 17.4 Å². The summed E-state index contributed by atoms with van der Waals surface area (Å²) in [7, 11) is -3.77. The molecule has 2 aliphatic heterocycles. The third-order valence-electron chi connectivity index (χ3n) is 6.43. The van der Waals surface area contributed by atoms with Crippen LogP contribution in [0.1, 0.15) is 28.4 Å². The Kier molecular flexibility index (Phi) is 6.44. The molecule has 1 atom stereocenters. The first-order valence-corrected chi connectivity index (χ1v) is 13.0. The molecule has 5 rings (SSSR count). The van der Waals surface area contributed by atoms with E-state index >= 15 is 0 Å². The van der Waals surface area contributed by atoms with Crippen molar-refractivity contribution in [2.75, 3.05) is 37.7 Å². The van der Waals surface area contributed by atoms with Gasteiger partial charge in [-0.05, 0) is 48.5 Å². The minimum Gasteiger partial charge on any atom is -0.493 e. The Morgan fingerprint density at radius 3 is 2.46 bits per heavy atom. The molecule has 7 nitrogen and oxygen atoms in total. The van der Waals surface area contributed by atoms with Gasteiger partial charge in [-0.2, -0.15) is 4.31 Å². The van der Waals surface area contributed by atoms with Gasteiger partial charge in [0.1, 0.15) is 11.6 Å². The summed E-state index contributed by atoms with van der Waals surface area (Å²) in [5, 5.41) is 3.02. The van der Waals surface area contributed by atoms with Crippen LogP contribution in [-0.4, -0.2) is 51.4 Å². The Hall–Kier alpha value is -3.43. The van der Waals surface area contributed by atoms with E-state index in [0.717, 1.165) is 17.0 Å². The van der Waals surface area contributed by atoms with Crippen molar-refractivity contribution in [2.24, 2.45) is 0 Å². The monoisotopic (exact) mass is 495 g/mol. The largest absolute Gasteiger partial charge is 0.493 e. The van der Waals surface area contributed by atoms with E-state index in [9.17, 15) is 17.6 Å². The van der Waals surface area contributed by atoms with E-state index in [2.05, 4.69) is 5.32 Å². The number of carbonyl (C=O) groups is 1. The van der Waals surface area contributed by atoms with E-state index in [4.69, 9.17) is 4.74 Å². The fourth-order valence-electron chi connectivity index (χ4n) is 4.52. The van der Waals surface area contributed by atoms with Crippen molar-refractivity contribution in [1.29, 1.82) is 0 Å². The molecule has 0 spiro atoms. The fraction of sp³-hybridized carbons (Fsp3) is 0.269. The van der Waals surface area contributed by atoms with Crippen LogP contribution in [0.15, 0.2) is 77.7 Å². The molecule has 1 fully saturated rings. The van der Waals surface area contributed by atoms with Gasteiger partial charge in [0.2, 0.25) is 10.0 Å². The number of sulfonamides is 1. The number of benzene rings is 3. The summed E-state index contributed by atoms with van der Waals surface area (Å²) in [6, 6.07) is 19.7. The molecule has 0 bridgehead atoms. The van der Waals surface area contributed by atoms with E-state index in [1.807, 2.05) is 29.2 Å². The zero-order chi connectivity index (χ0) is 24.4. The minimum atomic E-state index is -3.77.